The van der Waals surface area contributed by atoms with E-state index in [0.29, 0.717) is 11.7 Å². The molecule has 1 aromatic rings. The van der Waals surface area contributed by atoms with Crippen molar-refractivity contribution in [3.05, 3.63) is 17.5 Å². The maximum atomic E-state index is 12.8. The Morgan fingerprint density at radius 3 is 2.56 bits per heavy atom. The van der Waals surface area contributed by atoms with Gasteiger partial charge in [0.15, 0.2) is 15.5 Å². The molecule has 2 atom stereocenters. The number of sulfone groups is 1. The molecule has 4 rings (SSSR count). The van der Waals surface area contributed by atoms with Crippen molar-refractivity contribution in [2.75, 3.05) is 30.9 Å². The average Bonchev–Trinajstić information content (AvgIpc) is 3.13. The van der Waals surface area contributed by atoms with Gasteiger partial charge in [-0.25, -0.2) is 16.8 Å². The SMILES string of the molecule is CS(=O)(=O)N1CCN(C(=O)c2cc(C3CC3)on2)[C@H]2CS(=O)(=O)C[C@H]21. The van der Waals surface area contributed by atoms with Crippen LogP contribution in [-0.2, 0) is 19.9 Å². The first-order valence-corrected chi connectivity index (χ1v) is 11.8. The maximum Gasteiger partial charge on any atom is 0.276 e. The highest BCUT2D eigenvalue weighted by Crippen LogP contribution is 2.40. The number of fused-ring (bicyclic) bond motifs is 1. The van der Waals surface area contributed by atoms with Crippen LogP contribution in [-0.4, -0.2) is 80.0 Å². The molecule has 0 N–H and O–H groups in total. The number of piperazine rings is 1. The summed E-state index contributed by atoms with van der Waals surface area (Å²) in [5.41, 5.74) is 0.151. The van der Waals surface area contributed by atoms with Gasteiger partial charge in [0.1, 0.15) is 5.76 Å². The lowest BCUT2D eigenvalue weighted by Crippen LogP contribution is -2.61. The second-order valence-electron chi connectivity index (χ2n) is 6.97. The fourth-order valence-electron chi connectivity index (χ4n) is 3.68. The number of carbonyl (C=O) groups is 1. The van der Waals surface area contributed by atoms with Crippen LogP contribution in [0.15, 0.2) is 10.6 Å². The summed E-state index contributed by atoms with van der Waals surface area (Å²) in [5, 5.41) is 3.82. The van der Waals surface area contributed by atoms with Crippen LogP contribution in [0.1, 0.15) is 35.0 Å². The Morgan fingerprint density at radius 1 is 1.24 bits per heavy atom. The molecular weight excluding hydrogens is 370 g/mol. The van der Waals surface area contributed by atoms with E-state index in [2.05, 4.69) is 5.16 Å². The highest BCUT2D eigenvalue weighted by Gasteiger charge is 2.51. The Hall–Kier alpha value is -1.46. The lowest BCUT2D eigenvalue weighted by molar-refractivity contribution is 0.0506. The summed E-state index contributed by atoms with van der Waals surface area (Å²) in [4.78, 5) is 14.2. The van der Waals surface area contributed by atoms with Crippen molar-refractivity contribution in [3.8, 4) is 0 Å². The van der Waals surface area contributed by atoms with Crippen LogP contribution in [0.3, 0.4) is 0 Å². The molecule has 138 valence electrons. The quantitative estimate of drug-likeness (QED) is 0.680. The summed E-state index contributed by atoms with van der Waals surface area (Å²) in [7, 11) is -6.96. The zero-order valence-corrected chi connectivity index (χ0v) is 15.3. The maximum absolute atomic E-state index is 12.8. The van der Waals surface area contributed by atoms with Gasteiger partial charge in [-0.1, -0.05) is 5.16 Å². The average molecular weight is 389 g/mol. The van der Waals surface area contributed by atoms with Crippen LogP contribution >= 0.6 is 0 Å². The van der Waals surface area contributed by atoms with Crippen LogP contribution < -0.4 is 0 Å². The molecule has 3 aliphatic rings. The van der Waals surface area contributed by atoms with Crippen molar-refractivity contribution in [1.82, 2.24) is 14.4 Å². The first-order chi connectivity index (χ1) is 11.7. The number of hydrogen-bond donors (Lipinski definition) is 0. The Morgan fingerprint density at radius 2 is 1.92 bits per heavy atom. The lowest BCUT2D eigenvalue weighted by atomic mass is 10.1. The van der Waals surface area contributed by atoms with Crippen molar-refractivity contribution >= 4 is 25.8 Å². The number of rotatable bonds is 3. The van der Waals surface area contributed by atoms with Crippen LogP contribution in [0, 0.1) is 0 Å². The van der Waals surface area contributed by atoms with E-state index in [-0.39, 0.29) is 30.3 Å². The van der Waals surface area contributed by atoms with E-state index in [1.165, 1.54) is 9.21 Å². The van der Waals surface area contributed by atoms with Crippen molar-refractivity contribution in [2.45, 2.75) is 30.8 Å². The number of nitrogens with zero attached hydrogens (tertiary/aromatic N) is 3. The monoisotopic (exact) mass is 389 g/mol. The summed E-state index contributed by atoms with van der Waals surface area (Å²) in [6, 6.07) is 0.177. The van der Waals surface area contributed by atoms with E-state index in [4.69, 9.17) is 4.52 Å². The predicted molar refractivity (Wildman–Crippen MR) is 87.3 cm³/mol. The third-order valence-corrected chi connectivity index (χ3v) is 8.04. The van der Waals surface area contributed by atoms with E-state index in [1.54, 1.807) is 6.07 Å². The van der Waals surface area contributed by atoms with Gasteiger partial charge in [-0.3, -0.25) is 4.79 Å². The smallest absolute Gasteiger partial charge is 0.276 e. The minimum absolute atomic E-state index is 0.0780. The normalized spacial score (nSPS) is 29.6. The number of carbonyl (C=O) groups excluding carboxylic acids is 1. The molecule has 9 nitrogen and oxygen atoms in total. The van der Waals surface area contributed by atoms with Gasteiger partial charge < -0.3 is 9.42 Å². The predicted octanol–water partition coefficient (Wildman–Crippen LogP) is -0.565. The highest BCUT2D eigenvalue weighted by atomic mass is 32.2. The number of sulfonamides is 1. The topological polar surface area (TPSA) is 118 Å². The van der Waals surface area contributed by atoms with E-state index in [0.717, 1.165) is 19.1 Å². The second kappa shape index (κ2) is 5.52. The number of aromatic nitrogens is 1. The van der Waals surface area contributed by atoms with Gasteiger partial charge in [0.05, 0.1) is 29.8 Å². The van der Waals surface area contributed by atoms with Gasteiger partial charge in [-0.2, -0.15) is 4.31 Å². The minimum atomic E-state index is -3.55. The van der Waals surface area contributed by atoms with Gasteiger partial charge in [0.2, 0.25) is 10.0 Å². The zero-order chi connectivity index (χ0) is 18.0. The summed E-state index contributed by atoms with van der Waals surface area (Å²) < 4.78 is 54.5. The van der Waals surface area contributed by atoms with Crippen molar-refractivity contribution in [2.24, 2.45) is 0 Å². The first kappa shape index (κ1) is 17.0. The molecule has 0 spiro atoms. The van der Waals surface area contributed by atoms with Gasteiger partial charge in [-0.05, 0) is 12.8 Å². The standard InChI is InChI=1S/C14H19N3O6S2/c1-24(19,20)17-5-4-16(11-7-25(21,22)8-12(11)17)14(18)10-6-13(23-15-10)9-2-3-9/h6,9,11-12H,2-5,7-8H2,1H3/t11-,12+/m0/s1. The fourth-order valence-corrected chi connectivity index (χ4v) is 6.88. The Balaban J connectivity index is 1.62. The molecule has 11 heteroatoms. The fraction of sp³-hybridized carbons (Fsp3) is 0.714. The molecule has 0 radical (unpaired) electrons. The van der Waals surface area contributed by atoms with E-state index >= 15 is 0 Å². The largest absolute Gasteiger partial charge is 0.360 e. The van der Waals surface area contributed by atoms with E-state index in [9.17, 15) is 21.6 Å². The number of amides is 1. The van der Waals surface area contributed by atoms with Crippen LogP contribution in [0.4, 0.5) is 0 Å². The first-order valence-electron chi connectivity index (χ1n) is 8.10. The molecule has 3 heterocycles. The molecule has 1 aliphatic carbocycles. The molecule has 1 aromatic heterocycles. The second-order valence-corrected chi connectivity index (χ2v) is 11.1. The molecule has 3 fully saturated rings. The molecule has 1 amide bonds. The van der Waals surface area contributed by atoms with Crippen molar-refractivity contribution < 1.29 is 26.2 Å². The molecule has 25 heavy (non-hydrogen) atoms. The molecule has 0 bridgehead atoms. The third-order valence-electron chi connectivity index (χ3n) is 5.04. The molecule has 1 saturated carbocycles. The molecule has 0 aromatic carbocycles. The minimum Gasteiger partial charge on any atom is -0.360 e. The summed E-state index contributed by atoms with van der Waals surface area (Å²) >= 11 is 0. The third kappa shape index (κ3) is 3.08. The van der Waals surface area contributed by atoms with Crippen molar-refractivity contribution in [1.29, 1.82) is 0 Å². The molecule has 2 saturated heterocycles. The number of hydrogen-bond acceptors (Lipinski definition) is 7. The van der Waals surface area contributed by atoms with Gasteiger partial charge in [0.25, 0.3) is 5.91 Å². The van der Waals surface area contributed by atoms with Crippen LogP contribution in [0.25, 0.3) is 0 Å². The highest BCUT2D eigenvalue weighted by molar-refractivity contribution is 7.92. The Kier molecular flexibility index (Phi) is 3.75. The lowest BCUT2D eigenvalue weighted by Gasteiger charge is -2.42. The molecule has 0 unspecified atom stereocenters. The van der Waals surface area contributed by atoms with E-state index in [1.807, 2.05) is 0 Å². The van der Waals surface area contributed by atoms with Crippen LogP contribution in [0.2, 0.25) is 0 Å². The summed E-state index contributed by atoms with van der Waals surface area (Å²) in [6.07, 6.45) is 3.09. The molecular formula is C14H19N3O6S2. The van der Waals surface area contributed by atoms with Gasteiger partial charge in [0, 0.05) is 25.1 Å². The summed E-state index contributed by atoms with van der Waals surface area (Å²) in [5.74, 6) is 0.0871. The summed E-state index contributed by atoms with van der Waals surface area (Å²) in [6.45, 7) is 0.211. The Bertz CT molecular complexity index is 918. The van der Waals surface area contributed by atoms with Crippen molar-refractivity contribution in [3.63, 3.8) is 0 Å². The molecule has 2 aliphatic heterocycles. The van der Waals surface area contributed by atoms with Gasteiger partial charge in [-0.15, -0.1) is 0 Å². The van der Waals surface area contributed by atoms with E-state index < -0.39 is 37.9 Å². The van der Waals surface area contributed by atoms with Gasteiger partial charge >= 0.3 is 0 Å². The van der Waals surface area contributed by atoms with Crippen LogP contribution in [0.5, 0.6) is 0 Å². The zero-order valence-electron chi connectivity index (χ0n) is 13.7. The Labute approximate surface area is 145 Å².